The average Bonchev–Trinajstić information content (AvgIpc) is 3.41. The van der Waals surface area contributed by atoms with E-state index in [0.717, 1.165) is 38.5 Å². The summed E-state index contributed by atoms with van der Waals surface area (Å²) >= 11 is 0. The van der Waals surface area contributed by atoms with E-state index in [-0.39, 0.29) is 122 Å². The SMILES string of the molecule is CCNC(=O)CNC(=O)COCCOCCNC(=O)COCCOCCNC(=O)[C@H](CCC(=O)O)NC(=O)CC[C@H](NC(=O)C1CCC(CNC(=O)CCCCCCCCCCCCCCCCCCC(=O)O)CC1)C(=O)O. The van der Waals surface area contributed by atoms with E-state index in [1.807, 2.05) is 0 Å². The van der Waals surface area contributed by atoms with Gasteiger partial charge < -0.3 is 71.5 Å². The average molecular weight is 1110 g/mol. The molecule has 24 heteroatoms. The second-order valence-electron chi connectivity index (χ2n) is 19.8. The van der Waals surface area contributed by atoms with Crippen molar-refractivity contribution in [3.63, 3.8) is 0 Å². The maximum absolute atomic E-state index is 13.1. The molecule has 0 unspecified atom stereocenters. The zero-order valence-electron chi connectivity index (χ0n) is 46.4. The summed E-state index contributed by atoms with van der Waals surface area (Å²) in [6, 6.07) is -2.60. The van der Waals surface area contributed by atoms with E-state index in [2.05, 4.69) is 37.2 Å². The van der Waals surface area contributed by atoms with Crippen LogP contribution >= 0.6 is 0 Å². The van der Waals surface area contributed by atoms with Crippen LogP contribution in [-0.4, -0.2) is 172 Å². The predicted octanol–water partition coefficient (Wildman–Crippen LogP) is 3.27. The van der Waals surface area contributed by atoms with Crippen LogP contribution in [0.25, 0.3) is 0 Å². The zero-order chi connectivity index (χ0) is 57.4. The number of ether oxygens (including phenoxy) is 4. The van der Waals surface area contributed by atoms with E-state index in [9.17, 15) is 58.2 Å². The summed E-state index contributed by atoms with van der Waals surface area (Å²) in [5, 5.41) is 46.0. The van der Waals surface area contributed by atoms with Gasteiger partial charge in [-0.05, 0) is 64.2 Å². The largest absolute Gasteiger partial charge is 0.481 e. The number of aliphatic carboxylic acids is 3. The van der Waals surface area contributed by atoms with Gasteiger partial charge in [0.05, 0.1) is 46.2 Å². The number of amides is 7. The molecule has 0 spiro atoms. The minimum atomic E-state index is -1.37. The van der Waals surface area contributed by atoms with Gasteiger partial charge in [0.25, 0.3) is 0 Å². The van der Waals surface area contributed by atoms with E-state index >= 15 is 0 Å². The van der Waals surface area contributed by atoms with Crippen molar-refractivity contribution in [3.8, 4) is 0 Å². The smallest absolute Gasteiger partial charge is 0.326 e. The van der Waals surface area contributed by atoms with Crippen LogP contribution in [0.1, 0.15) is 174 Å². The normalized spacial score (nSPS) is 14.8. The van der Waals surface area contributed by atoms with Gasteiger partial charge in [-0.3, -0.25) is 43.2 Å². The predicted molar refractivity (Wildman–Crippen MR) is 288 cm³/mol. The monoisotopic (exact) mass is 1110 g/mol. The minimum Gasteiger partial charge on any atom is -0.481 e. The summed E-state index contributed by atoms with van der Waals surface area (Å²) in [5.74, 6) is -6.30. The summed E-state index contributed by atoms with van der Waals surface area (Å²) in [5.41, 5.74) is 0. The maximum Gasteiger partial charge on any atom is 0.326 e. The molecule has 24 nitrogen and oxygen atoms in total. The molecule has 78 heavy (non-hydrogen) atoms. The number of nitrogens with one attached hydrogen (secondary N) is 7. The van der Waals surface area contributed by atoms with E-state index in [1.165, 1.54) is 64.2 Å². The molecule has 7 amide bonds. The number of carbonyl (C=O) groups excluding carboxylic acids is 7. The molecule has 448 valence electrons. The Kier molecular flexibility index (Phi) is 43.0. The molecule has 0 aromatic heterocycles. The molecule has 10 N–H and O–H groups in total. The third kappa shape index (κ3) is 41.6. The number of unbranched alkanes of at least 4 members (excludes halogenated alkanes) is 15. The zero-order valence-corrected chi connectivity index (χ0v) is 46.4. The van der Waals surface area contributed by atoms with Gasteiger partial charge in [0.1, 0.15) is 25.3 Å². The first kappa shape index (κ1) is 70.6. The van der Waals surface area contributed by atoms with Crippen LogP contribution < -0.4 is 37.2 Å². The summed E-state index contributed by atoms with van der Waals surface area (Å²) < 4.78 is 21.2. The number of rotatable bonds is 51. The van der Waals surface area contributed by atoms with Crippen molar-refractivity contribution < 1.29 is 82.2 Å². The van der Waals surface area contributed by atoms with Crippen LogP contribution in [0.5, 0.6) is 0 Å². The highest BCUT2D eigenvalue weighted by molar-refractivity contribution is 5.89. The first-order valence-corrected chi connectivity index (χ1v) is 28.5. The molecule has 0 aliphatic heterocycles. The second-order valence-corrected chi connectivity index (χ2v) is 19.8. The van der Waals surface area contributed by atoms with Crippen LogP contribution in [0.4, 0.5) is 0 Å². The molecule has 0 heterocycles. The summed E-state index contributed by atoms with van der Waals surface area (Å²) in [4.78, 5) is 120. The molecule has 1 rings (SSSR count). The number of hydrogen-bond acceptors (Lipinski definition) is 14. The topological polar surface area (TPSA) is 353 Å². The Morgan fingerprint density at radius 2 is 0.910 bits per heavy atom. The number of hydrogen-bond donors (Lipinski definition) is 10. The number of carbonyl (C=O) groups is 10. The van der Waals surface area contributed by atoms with Crippen LogP contribution in [-0.2, 0) is 66.9 Å². The Labute approximate surface area is 460 Å². The highest BCUT2D eigenvalue weighted by Gasteiger charge is 2.30. The lowest BCUT2D eigenvalue weighted by atomic mass is 9.81. The Morgan fingerprint density at radius 3 is 1.42 bits per heavy atom. The van der Waals surface area contributed by atoms with E-state index in [1.54, 1.807) is 6.92 Å². The molecule has 2 atom stereocenters. The summed E-state index contributed by atoms with van der Waals surface area (Å²) in [6.07, 6.45) is 20.3. The van der Waals surface area contributed by atoms with Crippen LogP contribution in [0, 0.1) is 11.8 Å². The van der Waals surface area contributed by atoms with Gasteiger partial charge in [0, 0.05) is 57.8 Å². The van der Waals surface area contributed by atoms with Crippen molar-refractivity contribution >= 4 is 59.3 Å². The third-order valence-electron chi connectivity index (χ3n) is 13.1. The van der Waals surface area contributed by atoms with Gasteiger partial charge >= 0.3 is 17.9 Å². The van der Waals surface area contributed by atoms with Crippen molar-refractivity contribution in [2.24, 2.45) is 11.8 Å². The Hall–Kier alpha value is -5.46. The highest BCUT2D eigenvalue weighted by atomic mass is 16.5. The van der Waals surface area contributed by atoms with Crippen LogP contribution in [0.15, 0.2) is 0 Å². The van der Waals surface area contributed by atoms with E-state index in [0.29, 0.717) is 45.2 Å². The lowest BCUT2D eigenvalue weighted by Gasteiger charge is -2.28. The van der Waals surface area contributed by atoms with Crippen LogP contribution in [0.3, 0.4) is 0 Å². The third-order valence-corrected chi connectivity index (χ3v) is 13.1. The Morgan fingerprint density at radius 1 is 0.436 bits per heavy atom. The van der Waals surface area contributed by atoms with Crippen molar-refractivity contribution in [2.75, 3.05) is 85.6 Å². The second kappa shape index (κ2) is 47.5. The quantitative estimate of drug-likeness (QED) is 0.0391. The fourth-order valence-electron chi connectivity index (χ4n) is 8.58. The van der Waals surface area contributed by atoms with Gasteiger partial charge in [-0.1, -0.05) is 89.9 Å². The molecule has 0 aromatic carbocycles. The molecule has 1 aliphatic rings. The molecule has 0 radical (unpaired) electrons. The van der Waals surface area contributed by atoms with E-state index in [4.69, 9.17) is 24.1 Å². The maximum atomic E-state index is 13.1. The molecule has 0 aromatic rings. The summed E-state index contributed by atoms with van der Waals surface area (Å²) in [6.45, 7) is 3.09. The van der Waals surface area contributed by atoms with Crippen LogP contribution in [0.2, 0.25) is 0 Å². The first-order chi connectivity index (χ1) is 37.6. The van der Waals surface area contributed by atoms with Gasteiger partial charge in [-0.25, -0.2) is 4.79 Å². The standard InChI is InChI=1S/C54H95N7O17/c1-2-55-47(64)38-59-49(66)40-78-36-33-75-31-29-56-48(65)39-77-35-34-76-32-30-57-53(72)43(26-28-51(69)70)60-46(63)27-25-44(54(73)74)61-52(71)42-23-21-41(22-24-42)37-58-45(62)19-17-15-13-11-9-7-5-3-4-6-8-10-12-14-16-18-20-50(67)68/h41-44H,2-40H2,1H3,(H,55,64)(H,56,65)(H,57,72)(H,58,62)(H,59,66)(H,60,63)(H,61,71)(H,67,68)(H,69,70)(H,73,74)/t41?,42?,43-,44-/m0/s1. The number of carboxylic acids is 3. The molecular formula is C54H95N7O17. The van der Waals surface area contributed by atoms with Crippen molar-refractivity contribution in [1.82, 2.24) is 37.2 Å². The Bertz CT molecular complexity index is 1730. The molecule has 1 fully saturated rings. The minimum absolute atomic E-state index is 0.00529. The number of carboxylic acid groups (broad SMARTS) is 3. The molecule has 0 saturated heterocycles. The lowest BCUT2D eigenvalue weighted by molar-refractivity contribution is -0.143. The molecule has 1 saturated carbocycles. The Balaban J connectivity index is 2.19. The van der Waals surface area contributed by atoms with Crippen molar-refractivity contribution in [2.45, 2.75) is 186 Å². The fourth-order valence-corrected chi connectivity index (χ4v) is 8.58. The van der Waals surface area contributed by atoms with E-state index < -0.39 is 66.0 Å². The van der Waals surface area contributed by atoms with Crippen molar-refractivity contribution in [1.29, 1.82) is 0 Å². The molecule has 1 aliphatic carbocycles. The summed E-state index contributed by atoms with van der Waals surface area (Å²) in [7, 11) is 0. The fraction of sp³-hybridized carbons (Fsp3) is 0.815. The van der Waals surface area contributed by atoms with Crippen molar-refractivity contribution in [3.05, 3.63) is 0 Å². The lowest BCUT2D eigenvalue weighted by Crippen LogP contribution is -2.48. The highest BCUT2D eigenvalue weighted by Crippen LogP contribution is 2.29. The molecule has 0 bridgehead atoms. The number of likely N-dealkylation sites (N-methyl/N-ethyl adjacent to an activating group) is 1. The van der Waals surface area contributed by atoms with Gasteiger partial charge in [-0.15, -0.1) is 0 Å². The van der Waals surface area contributed by atoms with Gasteiger partial charge in [0.15, 0.2) is 0 Å². The van der Waals surface area contributed by atoms with Gasteiger partial charge in [0.2, 0.25) is 41.4 Å². The molecular weight excluding hydrogens is 1020 g/mol. The van der Waals surface area contributed by atoms with Gasteiger partial charge in [-0.2, -0.15) is 0 Å². The first-order valence-electron chi connectivity index (χ1n) is 28.5.